The Morgan fingerprint density at radius 1 is 1.25 bits per heavy atom. The second kappa shape index (κ2) is 6.59. The number of hydrogen-bond donors (Lipinski definition) is 1. The molecule has 16 heavy (non-hydrogen) atoms. The molecule has 0 aromatic heterocycles. The molecular formula is C13H19F2N. The van der Waals surface area contributed by atoms with Crippen LogP contribution < -0.4 is 5.32 Å². The van der Waals surface area contributed by atoms with Crippen molar-refractivity contribution in [1.29, 1.82) is 0 Å². The van der Waals surface area contributed by atoms with Gasteiger partial charge in [-0.1, -0.05) is 19.4 Å². The lowest BCUT2D eigenvalue weighted by Crippen LogP contribution is -2.20. The maximum Gasteiger partial charge on any atom is 0.159 e. The molecule has 1 aromatic rings. The Hall–Kier alpha value is -0.960. The van der Waals surface area contributed by atoms with Gasteiger partial charge in [-0.15, -0.1) is 0 Å². The van der Waals surface area contributed by atoms with Crippen LogP contribution in [0.4, 0.5) is 8.78 Å². The summed E-state index contributed by atoms with van der Waals surface area (Å²) in [4.78, 5) is 0. The van der Waals surface area contributed by atoms with Gasteiger partial charge in [-0.3, -0.25) is 0 Å². The van der Waals surface area contributed by atoms with Gasteiger partial charge in [0.05, 0.1) is 0 Å². The molecule has 0 saturated carbocycles. The van der Waals surface area contributed by atoms with Crippen molar-refractivity contribution in [3.8, 4) is 0 Å². The van der Waals surface area contributed by atoms with Crippen LogP contribution in [0.25, 0.3) is 0 Å². The highest BCUT2D eigenvalue weighted by Gasteiger charge is 2.09. The number of hydrogen-bond acceptors (Lipinski definition) is 1. The predicted octanol–water partition coefficient (Wildman–Crippen LogP) is 3.14. The van der Waals surface area contributed by atoms with Crippen molar-refractivity contribution in [2.75, 3.05) is 13.6 Å². The van der Waals surface area contributed by atoms with E-state index in [1.165, 1.54) is 12.1 Å². The average molecular weight is 227 g/mol. The maximum atomic E-state index is 13.0. The van der Waals surface area contributed by atoms with Crippen LogP contribution in [0.1, 0.15) is 25.3 Å². The van der Waals surface area contributed by atoms with Gasteiger partial charge in [-0.2, -0.15) is 0 Å². The first-order valence-corrected chi connectivity index (χ1v) is 5.75. The Balaban J connectivity index is 2.65. The van der Waals surface area contributed by atoms with E-state index < -0.39 is 11.6 Å². The second-order valence-corrected chi connectivity index (χ2v) is 4.16. The van der Waals surface area contributed by atoms with E-state index in [0.29, 0.717) is 5.92 Å². The van der Waals surface area contributed by atoms with Gasteiger partial charge in [0.1, 0.15) is 0 Å². The van der Waals surface area contributed by atoms with Gasteiger partial charge in [-0.05, 0) is 50.0 Å². The summed E-state index contributed by atoms with van der Waals surface area (Å²) in [7, 11) is 1.91. The van der Waals surface area contributed by atoms with Gasteiger partial charge in [0.15, 0.2) is 11.6 Å². The van der Waals surface area contributed by atoms with Gasteiger partial charge < -0.3 is 5.32 Å². The van der Waals surface area contributed by atoms with E-state index in [-0.39, 0.29) is 0 Å². The van der Waals surface area contributed by atoms with Gasteiger partial charge in [0.25, 0.3) is 0 Å². The van der Waals surface area contributed by atoms with Crippen molar-refractivity contribution in [3.05, 3.63) is 35.4 Å². The first-order valence-electron chi connectivity index (χ1n) is 5.75. The van der Waals surface area contributed by atoms with Crippen LogP contribution in [0.15, 0.2) is 18.2 Å². The summed E-state index contributed by atoms with van der Waals surface area (Å²) in [6.45, 7) is 3.04. The van der Waals surface area contributed by atoms with Crippen molar-refractivity contribution >= 4 is 0 Å². The van der Waals surface area contributed by atoms with Gasteiger partial charge in [-0.25, -0.2) is 8.78 Å². The van der Waals surface area contributed by atoms with Crippen LogP contribution in [0.5, 0.6) is 0 Å². The van der Waals surface area contributed by atoms with Gasteiger partial charge in [0, 0.05) is 0 Å². The van der Waals surface area contributed by atoms with E-state index in [2.05, 4.69) is 12.2 Å². The van der Waals surface area contributed by atoms with E-state index in [4.69, 9.17) is 0 Å². The fourth-order valence-electron chi connectivity index (χ4n) is 1.97. The Bertz CT molecular complexity index is 320. The van der Waals surface area contributed by atoms with Gasteiger partial charge >= 0.3 is 0 Å². The molecule has 0 aliphatic carbocycles. The molecule has 1 atom stereocenters. The van der Waals surface area contributed by atoms with Crippen LogP contribution in [0, 0.1) is 17.6 Å². The lowest BCUT2D eigenvalue weighted by molar-refractivity contribution is 0.452. The Morgan fingerprint density at radius 3 is 2.56 bits per heavy atom. The topological polar surface area (TPSA) is 12.0 Å². The molecule has 1 aromatic carbocycles. The number of rotatable bonds is 6. The molecule has 0 bridgehead atoms. The highest BCUT2D eigenvalue weighted by Crippen LogP contribution is 2.16. The molecule has 0 heterocycles. The zero-order valence-electron chi connectivity index (χ0n) is 9.89. The van der Waals surface area contributed by atoms with Crippen molar-refractivity contribution in [3.63, 3.8) is 0 Å². The van der Waals surface area contributed by atoms with E-state index in [1.807, 2.05) is 7.05 Å². The molecule has 0 spiro atoms. The zero-order valence-corrected chi connectivity index (χ0v) is 9.89. The monoisotopic (exact) mass is 227 g/mol. The van der Waals surface area contributed by atoms with Crippen LogP contribution in [-0.2, 0) is 6.42 Å². The molecule has 1 unspecified atom stereocenters. The summed E-state index contributed by atoms with van der Waals surface area (Å²) in [6.07, 6.45) is 3.00. The standard InChI is InChI=1S/C13H19F2N/c1-3-4-11(9-16-2)7-10-5-6-12(14)13(15)8-10/h5-6,8,11,16H,3-4,7,9H2,1-2H3. The Labute approximate surface area is 95.9 Å². The van der Waals surface area contributed by atoms with Crippen LogP contribution in [0.3, 0.4) is 0 Å². The largest absolute Gasteiger partial charge is 0.319 e. The van der Waals surface area contributed by atoms with Crippen molar-refractivity contribution in [2.24, 2.45) is 5.92 Å². The van der Waals surface area contributed by atoms with Crippen molar-refractivity contribution < 1.29 is 8.78 Å². The van der Waals surface area contributed by atoms with E-state index in [1.54, 1.807) is 6.07 Å². The smallest absolute Gasteiger partial charge is 0.159 e. The minimum absolute atomic E-state index is 0.486. The third-order valence-corrected chi connectivity index (χ3v) is 2.70. The number of benzene rings is 1. The van der Waals surface area contributed by atoms with Crippen LogP contribution >= 0.6 is 0 Å². The molecule has 1 rings (SSSR count). The minimum Gasteiger partial charge on any atom is -0.319 e. The predicted molar refractivity (Wildman–Crippen MR) is 62.4 cm³/mol. The van der Waals surface area contributed by atoms with Crippen LogP contribution in [-0.4, -0.2) is 13.6 Å². The molecule has 0 aliphatic heterocycles. The van der Waals surface area contributed by atoms with Crippen molar-refractivity contribution in [1.82, 2.24) is 5.32 Å². The molecule has 0 fully saturated rings. The summed E-state index contributed by atoms with van der Waals surface area (Å²) in [5.41, 5.74) is 0.868. The quantitative estimate of drug-likeness (QED) is 0.787. The minimum atomic E-state index is -0.774. The lowest BCUT2D eigenvalue weighted by Gasteiger charge is -2.15. The average Bonchev–Trinajstić information content (AvgIpc) is 2.24. The highest BCUT2D eigenvalue weighted by atomic mass is 19.2. The molecule has 0 saturated heterocycles. The Morgan fingerprint density at radius 2 is 2.00 bits per heavy atom. The molecule has 1 nitrogen and oxygen atoms in total. The van der Waals surface area contributed by atoms with E-state index in [0.717, 1.165) is 31.4 Å². The number of halogens is 2. The van der Waals surface area contributed by atoms with Gasteiger partial charge in [0.2, 0.25) is 0 Å². The first kappa shape index (κ1) is 13.1. The van der Waals surface area contributed by atoms with E-state index in [9.17, 15) is 8.78 Å². The SMILES string of the molecule is CCCC(CNC)Cc1ccc(F)c(F)c1. The lowest BCUT2D eigenvalue weighted by atomic mass is 9.95. The normalized spacial score (nSPS) is 12.8. The molecule has 0 amide bonds. The molecular weight excluding hydrogens is 208 g/mol. The van der Waals surface area contributed by atoms with Crippen LogP contribution in [0.2, 0.25) is 0 Å². The van der Waals surface area contributed by atoms with Crippen molar-refractivity contribution in [2.45, 2.75) is 26.2 Å². The Kier molecular flexibility index (Phi) is 5.39. The molecule has 1 N–H and O–H groups in total. The molecule has 0 radical (unpaired) electrons. The molecule has 3 heteroatoms. The molecule has 90 valence electrons. The first-order chi connectivity index (χ1) is 7.67. The van der Waals surface area contributed by atoms with E-state index >= 15 is 0 Å². The summed E-state index contributed by atoms with van der Waals surface area (Å²) >= 11 is 0. The summed E-state index contributed by atoms with van der Waals surface area (Å²) in [5.74, 6) is -1.04. The zero-order chi connectivity index (χ0) is 12.0. The third-order valence-electron chi connectivity index (χ3n) is 2.70. The fraction of sp³-hybridized carbons (Fsp3) is 0.538. The summed E-state index contributed by atoms with van der Waals surface area (Å²) < 4.78 is 25.8. The fourth-order valence-corrected chi connectivity index (χ4v) is 1.97. The number of nitrogens with one attached hydrogen (secondary N) is 1. The molecule has 0 aliphatic rings. The highest BCUT2D eigenvalue weighted by molar-refractivity contribution is 5.18. The summed E-state index contributed by atoms with van der Waals surface area (Å²) in [6, 6.07) is 4.16. The maximum absolute atomic E-state index is 13.0. The third kappa shape index (κ3) is 3.89. The second-order valence-electron chi connectivity index (χ2n) is 4.16. The summed E-state index contributed by atoms with van der Waals surface area (Å²) in [5, 5.41) is 3.13.